The van der Waals surface area contributed by atoms with E-state index < -0.39 is 0 Å². The number of hydrogen-bond acceptors (Lipinski definition) is 7. The van der Waals surface area contributed by atoms with Gasteiger partial charge in [0.05, 0.1) is 12.2 Å². The maximum absolute atomic E-state index is 5.46. The molecule has 0 saturated heterocycles. The van der Waals surface area contributed by atoms with Gasteiger partial charge in [0.15, 0.2) is 0 Å². The van der Waals surface area contributed by atoms with E-state index in [1.807, 2.05) is 13.8 Å². The second kappa shape index (κ2) is 10.7. The van der Waals surface area contributed by atoms with Gasteiger partial charge in [-0.25, -0.2) is 0 Å². The molecule has 0 rings (SSSR count). The Bertz CT molecular complexity index is 223. The Morgan fingerprint density at radius 3 is 1.59 bits per heavy atom. The first-order valence-electron chi connectivity index (χ1n) is 5.41. The van der Waals surface area contributed by atoms with Gasteiger partial charge in [-0.2, -0.15) is 0 Å². The van der Waals surface area contributed by atoms with E-state index in [0.717, 1.165) is 12.8 Å². The summed E-state index contributed by atoms with van der Waals surface area (Å²) in [5.41, 5.74) is 0. The van der Waals surface area contributed by atoms with Crippen LogP contribution in [0.2, 0.25) is 0 Å². The summed E-state index contributed by atoms with van der Waals surface area (Å²) in [7, 11) is 4.28. The SMILES string of the molecule is CCC(C)OC(=S)SSSC(=S)OC(C)CC. The van der Waals surface area contributed by atoms with E-state index in [0.29, 0.717) is 8.77 Å². The number of ether oxygens (including phenoxy) is 2. The van der Waals surface area contributed by atoms with Gasteiger partial charge >= 0.3 is 0 Å². The highest BCUT2D eigenvalue weighted by atomic mass is 33.5. The fourth-order valence-corrected chi connectivity index (χ4v) is 4.97. The van der Waals surface area contributed by atoms with Crippen LogP contribution < -0.4 is 0 Å². The molecule has 0 aromatic rings. The quantitative estimate of drug-likeness (QED) is 0.485. The molecule has 0 heterocycles. The monoisotopic (exact) mass is 330 g/mol. The standard InChI is InChI=1S/C10H18O2S5/c1-5-7(3)11-9(13)15-17-16-10(14)12-8(4)6-2/h7-8H,5-6H2,1-4H3. The minimum absolute atomic E-state index is 0.170. The fraction of sp³-hybridized carbons (Fsp3) is 0.800. The number of thiocarbonyl (C=S) groups is 2. The minimum Gasteiger partial charge on any atom is -0.475 e. The molecule has 2 nitrogen and oxygen atoms in total. The lowest BCUT2D eigenvalue weighted by molar-refractivity contribution is 0.217. The lowest BCUT2D eigenvalue weighted by atomic mass is 10.3. The maximum Gasteiger partial charge on any atom is 0.231 e. The van der Waals surface area contributed by atoms with Crippen molar-refractivity contribution in [1.82, 2.24) is 0 Å². The van der Waals surface area contributed by atoms with E-state index in [4.69, 9.17) is 33.9 Å². The van der Waals surface area contributed by atoms with Crippen LogP contribution in [-0.4, -0.2) is 21.0 Å². The highest BCUT2D eigenvalue weighted by Gasteiger charge is 2.09. The van der Waals surface area contributed by atoms with Gasteiger partial charge in [-0.1, -0.05) is 13.8 Å². The maximum atomic E-state index is 5.46. The molecule has 100 valence electrons. The average Bonchev–Trinajstić information content (AvgIpc) is 2.28. The van der Waals surface area contributed by atoms with Crippen molar-refractivity contribution >= 4 is 64.6 Å². The molecule has 0 fully saturated rings. The van der Waals surface area contributed by atoms with Gasteiger partial charge in [0.2, 0.25) is 8.77 Å². The summed E-state index contributed by atoms with van der Waals surface area (Å²) in [6.45, 7) is 8.13. The molecule has 2 atom stereocenters. The van der Waals surface area contributed by atoms with Gasteiger partial charge in [-0.15, -0.1) is 0 Å². The van der Waals surface area contributed by atoms with E-state index in [-0.39, 0.29) is 12.2 Å². The van der Waals surface area contributed by atoms with Crippen LogP contribution in [0.1, 0.15) is 40.5 Å². The van der Waals surface area contributed by atoms with Crippen molar-refractivity contribution in [3.05, 3.63) is 0 Å². The summed E-state index contributed by atoms with van der Waals surface area (Å²) in [6, 6.07) is 0. The molecule has 0 aromatic carbocycles. The van der Waals surface area contributed by atoms with Crippen LogP contribution >= 0.6 is 55.8 Å². The van der Waals surface area contributed by atoms with Crippen molar-refractivity contribution in [2.75, 3.05) is 0 Å². The second-order valence-corrected chi connectivity index (χ2v) is 8.51. The average molecular weight is 331 g/mol. The lowest BCUT2D eigenvalue weighted by Crippen LogP contribution is -2.09. The van der Waals surface area contributed by atoms with E-state index in [9.17, 15) is 0 Å². The van der Waals surface area contributed by atoms with Crippen molar-refractivity contribution in [3.8, 4) is 0 Å². The Balaban J connectivity index is 3.62. The van der Waals surface area contributed by atoms with Gasteiger partial charge in [-0.3, -0.25) is 0 Å². The predicted molar refractivity (Wildman–Crippen MR) is 89.6 cm³/mol. The summed E-state index contributed by atoms with van der Waals surface area (Å²) in [5, 5.41) is 0. The molecule has 0 N–H and O–H groups in total. The molecule has 0 bridgehead atoms. The summed E-state index contributed by atoms with van der Waals surface area (Å²) in [5.74, 6) is 0. The van der Waals surface area contributed by atoms with E-state index in [1.54, 1.807) is 0 Å². The van der Waals surface area contributed by atoms with Crippen LogP contribution in [0.4, 0.5) is 0 Å². The zero-order valence-electron chi connectivity index (χ0n) is 10.4. The third-order valence-corrected chi connectivity index (χ3v) is 6.42. The zero-order valence-corrected chi connectivity index (χ0v) is 14.5. The lowest BCUT2D eigenvalue weighted by Gasteiger charge is -2.13. The topological polar surface area (TPSA) is 18.5 Å². The van der Waals surface area contributed by atoms with Gasteiger partial charge in [0.1, 0.15) is 0 Å². The third-order valence-electron chi connectivity index (χ3n) is 1.95. The van der Waals surface area contributed by atoms with Crippen molar-refractivity contribution in [2.45, 2.75) is 52.7 Å². The molecule has 0 spiro atoms. The summed E-state index contributed by atoms with van der Waals surface area (Å²) < 4.78 is 12.0. The van der Waals surface area contributed by atoms with E-state index in [1.165, 1.54) is 31.4 Å². The van der Waals surface area contributed by atoms with Crippen LogP contribution in [0.15, 0.2) is 0 Å². The van der Waals surface area contributed by atoms with Gasteiger partial charge in [-0.05, 0) is 61.0 Å². The Morgan fingerprint density at radius 1 is 0.941 bits per heavy atom. The molecule has 0 saturated carbocycles. The molecule has 2 unspecified atom stereocenters. The molecular weight excluding hydrogens is 312 g/mol. The summed E-state index contributed by atoms with van der Waals surface area (Å²) in [6.07, 6.45) is 2.25. The summed E-state index contributed by atoms with van der Waals surface area (Å²) >= 11 is 10.2. The van der Waals surface area contributed by atoms with Crippen molar-refractivity contribution in [2.24, 2.45) is 0 Å². The smallest absolute Gasteiger partial charge is 0.231 e. The van der Waals surface area contributed by atoms with Gasteiger partial charge < -0.3 is 9.47 Å². The Labute approximate surface area is 126 Å². The molecule has 0 amide bonds. The molecule has 0 aliphatic carbocycles. The van der Waals surface area contributed by atoms with Crippen LogP contribution in [-0.2, 0) is 9.47 Å². The fourth-order valence-electron chi connectivity index (χ4n) is 0.607. The Hall–Kier alpha value is 0.830. The second-order valence-electron chi connectivity index (χ2n) is 3.41. The first-order valence-corrected chi connectivity index (χ1v) is 9.71. The van der Waals surface area contributed by atoms with Crippen molar-refractivity contribution < 1.29 is 9.47 Å². The van der Waals surface area contributed by atoms with Crippen LogP contribution in [0.3, 0.4) is 0 Å². The number of rotatable bonds is 6. The molecular formula is C10H18O2S5. The first-order chi connectivity index (χ1) is 7.99. The largest absolute Gasteiger partial charge is 0.475 e. The van der Waals surface area contributed by atoms with Crippen LogP contribution in [0.5, 0.6) is 0 Å². The molecule has 0 aliphatic rings. The zero-order chi connectivity index (χ0) is 13.3. The van der Waals surface area contributed by atoms with Crippen molar-refractivity contribution in [1.29, 1.82) is 0 Å². The number of hydrogen-bond donors (Lipinski definition) is 0. The molecule has 7 heteroatoms. The normalized spacial score (nSPS) is 13.9. The first kappa shape index (κ1) is 17.8. The molecule has 17 heavy (non-hydrogen) atoms. The highest BCUT2D eigenvalue weighted by molar-refractivity contribution is 9.15. The van der Waals surface area contributed by atoms with Gasteiger partial charge in [0.25, 0.3) is 0 Å². The molecule has 0 aromatic heterocycles. The van der Waals surface area contributed by atoms with Crippen molar-refractivity contribution in [3.63, 3.8) is 0 Å². The van der Waals surface area contributed by atoms with Crippen LogP contribution in [0, 0.1) is 0 Å². The Morgan fingerprint density at radius 2 is 1.29 bits per heavy atom. The third kappa shape index (κ3) is 10.4. The van der Waals surface area contributed by atoms with E-state index in [2.05, 4.69) is 13.8 Å². The highest BCUT2D eigenvalue weighted by Crippen LogP contribution is 2.37. The Kier molecular flexibility index (Phi) is 11.2. The minimum atomic E-state index is 0.170. The summed E-state index contributed by atoms with van der Waals surface area (Å²) in [4.78, 5) is 0. The predicted octanol–water partition coefficient (Wildman–Crippen LogP) is 5.22. The molecule has 0 aliphatic heterocycles. The van der Waals surface area contributed by atoms with Gasteiger partial charge in [0, 0.05) is 21.6 Å². The molecule has 0 radical (unpaired) electrons. The van der Waals surface area contributed by atoms with E-state index >= 15 is 0 Å². The van der Waals surface area contributed by atoms with Crippen LogP contribution in [0.25, 0.3) is 0 Å².